The number of rotatable bonds is 15. The van der Waals surface area contributed by atoms with Gasteiger partial charge in [-0.1, -0.05) is 46.1 Å². The van der Waals surface area contributed by atoms with Gasteiger partial charge in [-0.3, -0.25) is 24.0 Å². The van der Waals surface area contributed by atoms with Crippen LogP contribution in [0.4, 0.5) is 4.79 Å². The molecule has 270 valence electrons. The van der Waals surface area contributed by atoms with Crippen LogP contribution in [0.3, 0.4) is 0 Å². The summed E-state index contributed by atoms with van der Waals surface area (Å²) >= 11 is 0. The number of allylic oxidation sites excluding steroid dienone is 1. The van der Waals surface area contributed by atoms with Crippen molar-refractivity contribution in [3.63, 3.8) is 0 Å². The third-order valence-corrected chi connectivity index (χ3v) is 10.2. The van der Waals surface area contributed by atoms with Crippen LogP contribution in [-0.2, 0) is 33.4 Å². The molecule has 5 atom stereocenters. The van der Waals surface area contributed by atoms with Gasteiger partial charge in [-0.05, 0) is 89.9 Å². The number of fused-ring (bicyclic) bond motifs is 1. The highest BCUT2D eigenvalue weighted by Gasteiger charge is 2.69. The number of alkyl carbamates (subject to hydrolysis) is 1. The van der Waals surface area contributed by atoms with Gasteiger partial charge in [-0.25, -0.2) is 4.79 Å². The molecule has 0 aromatic rings. The molecule has 3 fully saturated rings. The summed E-state index contributed by atoms with van der Waals surface area (Å²) in [6, 6.07) is -2.88. The predicted octanol–water partition coefficient (Wildman–Crippen LogP) is 4.20. The SMILES string of the molecule is C=CCCC(NC(=O)[C@@H]1[C@@H]2[C@H](CN1C(=O)[C@@H](NC(=O)OC(C)(C)C)C1CCCCC1)C2(C)C)C(=O)C(=O)NCCC(=O)OC(C)(C)CC. The lowest BCUT2D eigenvalue weighted by Crippen LogP contribution is -2.59. The largest absolute Gasteiger partial charge is 0.460 e. The van der Waals surface area contributed by atoms with Gasteiger partial charge in [0.25, 0.3) is 5.91 Å². The van der Waals surface area contributed by atoms with E-state index in [1.807, 2.05) is 6.92 Å². The van der Waals surface area contributed by atoms with Crippen molar-refractivity contribution in [3.05, 3.63) is 12.7 Å². The number of piperidine rings is 1. The fourth-order valence-electron chi connectivity index (χ4n) is 7.04. The second-order valence-electron chi connectivity index (χ2n) is 15.8. The zero-order chi connectivity index (χ0) is 36.0. The zero-order valence-electron chi connectivity index (χ0n) is 30.2. The number of amides is 4. The minimum Gasteiger partial charge on any atom is -0.460 e. The molecule has 1 aliphatic heterocycles. The van der Waals surface area contributed by atoms with E-state index in [1.165, 1.54) is 0 Å². The van der Waals surface area contributed by atoms with Crippen LogP contribution in [0, 0.1) is 23.2 Å². The first-order chi connectivity index (χ1) is 22.3. The molecule has 12 nitrogen and oxygen atoms in total. The Hall–Kier alpha value is -3.44. The number of ketones is 1. The average molecular weight is 675 g/mol. The summed E-state index contributed by atoms with van der Waals surface area (Å²) in [5.41, 5.74) is -1.58. The van der Waals surface area contributed by atoms with Gasteiger partial charge in [-0.2, -0.15) is 0 Å². The van der Waals surface area contributed by atoms with Crippen molar-refractivity contribution in [2.75, 3.05) is 13.1 Å². The molecule has 1 saturated heterocycles. The number of hydrogen-bond acceptors (Lipinski definition) is 8. The molecule has 1 unspecified atom stereocenters. The maximum absolute atomic E-state index is 14.3. The van der Waals surface area contributed by atoms with E-state index in [-0.39, 0.29) is 48.5 Å². The van der Waals surface area contributed by atoms with Crippen molar-refractivity contribution in [2.45, 2.75) is 143 Å². The fraction of sp³-hybridized carbons (Fsp3) is 0.778. The Balaban J connectivity index is 1.76. The Labute approximate surface area is 285 Å². The number of nitrogens with one attached hydrogen (secondary N) is 3. The van der Waals surface area contributed by atoms with Crippen LogP contribution in [0.5, 0.6) is 0 Å². The predicted molar refractivity (Wildman–Crippen MR) is 180 cm³/mol. The minimum atomic E-state index is -1.16. The summed E-state index contributed by atoms with van der Waals surface area (Å²) in [6.07, 6.45) is 6.42. The summed E-state index contributed by atoms with van der Waals surface area (Å²) in [6.45, 7) is 18.8. The molecule has 12 heteroatoms. The second-order valence-corrected chi connectivity index (χ2v) is 15.8. The molecule has 48 heavy (non-hydrogen) atoms. The first-order valence-electron chi connectivity index (χ1n) is 17.6. The molecule has 4 amide bonds. The van der Waals surface area contributed by atoms with Crippen molar-refractivity contribution < 1.29 is 38.2 Å². The number of carbonyl (C=O) groups excluding carboxylic acids is 6. The number of nitrogens with zero attached hydrogens (tertiary/aromatic N) is 1. The lowest BCUT2D eigenvalue weighted by atomic mass is 9.83. The van der Waals surface area contributed by atoms with E-state index in [1.54, 1.807) is 45.6 Å². The molecule has 3 N–H and O–H groups in total. The standard InChI is InChI=1S/C36H58N4O8/c1-10-12-18-24(29(42)31(44)37-20-19-25(41)47-35(6,7)11-2)38-30(43)28-26-23(36(26,8)9)21-40(28)32(45)27(22-16-14-13-15-17-22)39-33(46)48-34(3,4)5/h10,22-24,26-28H,1,11-21H2,2-9H3,(H,37,44)(H,38,43)(H,39,46)/t23-,24?,26-,27-,28-/m0/s1. The highest BCUT2D eigenvalue weighted by atomic mass is 16.6. The second kappa shape index (κ2) is 15.8. The third-order valence-electron chi connectivity index (χ3n) is 10.2. The molecule has 0 spiro atoms. The Morgan fingerprint density at radius 1 is 0.979 bits per heavy atom. The summed E-state index contributed by atoms with van der Waals surface area (Å²) in [5, 5.41) is 8.10. The van der Waals surface area contributed by atoms with E-state index in [4.69, 9.17) is 9.47 Å². The maximum Gasteiger partial charge on any atom is 0.408 e. The van der Waals surface area contributed by atoms with E-state index < -0.39 is 59.0 Å². The lowest BCUT2D eigenvalue weighted by Gasteiger charge is -2.37. The quantitative estimate of drug-likeness (QED) is 0.132. The third kappa shape index (κ3) is 10.0. The smallest absolute Gasteiger partial charge is 0.408 e. The average Bonchev–Trinajstić information content (AvgIpc) is 3.32. The van der Waals surface area contributed by atoms with Crippen LogP contribution in [0.15, 0.2) is 12.7 Å². The minimum absolute atomic E-state index is 0.0776. The van der Waals surface area contributed by atoms with Gasteiger partial charge < -0.3 is 30.3 Å². The topological polar surface area (TPSA) is 160 Å². The summed E-state index contributed by atoms with van der Waals surface area (Å²) in [7, 11) is 0. The number of hydrogen-bond donors (Lipinski definition) is 3. The Morgan fingerprint density at radius 2 is 1.62 bits per heavy atom. The van der Waals surface area contributed by atoms with Crippen LogP contribution >= 0.6 is 0 Å². The van der Waals surface area contributed by atoms with E-state index in [0.717, 1.165) is 32.1 Å². The van der Waals surface area contributed by atoms with Crippen LogP contribution in [0.2, 0.25) is 0 Å². The lowest BCUT2D eigenvalue weighted by molar-refractivity contribution is -0.156. The Morgan fingerprint density at radius 3 is 2.21 bits per heavy atom. The molecule has 2 saturated carbocycles. The van der Waals surface area contributed by atoms with Crippen molar-refractivity contribution >= 4 is 35.6 Å². The van der Waals surface area contributed by atoms with E-state index in [0.29, 0.717) is 19.4 Å². The number of Topliss-reactive ketones (excluding diaryl/α,β-unsaturated/α-hetero) is 1. The van der Waals surface area contributed by atoms with Crippen LogP contribution in [-0.4, -0.2) is 82.9 Å². The molecule has 0 aromatic heterocycles. The van der Waals surface area contributed by atoms with E-state index in [9.17, 15) is 28.8 Å². The normalized spacial score (nSPS) is 23.2. The first kappa shape index (κ1) is 39.0. The van der Waals surface area contributed by atoms with Crippen molar-refractivity contribution in [3.8, 4) is 0 Å². The molecule has 3 aliphatic rings. The highest BCUT2D eigenvalue weighted by Crippen LogP contribution is 2.65. The number of carbonyl (C=O) groups is 6. The molecule has 1 heterocycles. The van der Waals surface area contributed by atoms with Gasteiger partial charge >= 0.3 is 12.1 Å². The number of esters is 1. The molecule has 2 aliphatic carbocycles. The Bertz CT molecular complexity index is 1230. The van der Waals surface area contributed by atoms with Crippen molar-refractivity contribution in [1.29, 1.82) is 0 Å². The van der Waals surface area contributed by atoms with Gasteiger partial charge in [0.05, 0.1) is 12.5 Å². The highest BCUT2D eigenvalue weighted by molar-refractivity contribution is 6.38. The molecular formula is C36H58N4O8. The molecule has 0 aromatic carbocycles. The zero-order valence-corrected chi connectivity index (χ0v) is 30.2. The molecule has 0 bridgehead atoms. The van der Waals surface area contributed by atoms with E-state index >= 15 is 0 Å². The monoisotopic (exact) mass is 674 g/mol. The summed E-state index contributed by atoms with van der Waals surface area (Å²) in [5.74, 6) is -3.26. The number of ether oxygens (including phenoxy) is 2. The van der Waals surface area contributed by atoms with Gasteiger partial charge in [0, 0.05) is 13.1 Å². The molecular weight excluding hydrogens is 616 g/mol. The van der Waals surface area contributed by atoms with Crippen LogP contribution < -0.4 is 16.0 Å². The van der Waals surface area contributed by atoms with Crippen LogP contribution in [0.25, 0.3) is 0 Å². The fourth-order valence-corrected chi connectivity index (χ4v) is 7.04. The molecule has 3 rings (SSSR count). The summed E-state index contributed by atoms with van der Waals surface area (Å²) in [4.78, 5) is 81.2. The Kier molecular flexibility index (Phi) is 12.9. The van der Waals surface area contributed by atoms with Gasteiger partial charge in [0.1, 0.15) is 23.3 Å². The first-order valence-corrected chi connectivity index (χ1v) is 17.6. The van der Waals surface area contributed by atoms with Crippen LogP contribution in [0.1, 0.15) is 113 Å². The maximum atomic E-state index is 14.3. The van der Waals surface area contributed by atoms with Gasteiger partial charge in [-0.15, -0.1) is 6.58 Å². The van der Waals surface area contributed by atoms with Gasteiger partial charge in [0.15, 0.2) is 0 Å². The van der Waals surface area contributed by atoms with Crippen molar-refractivity contribution in [2.24, 2.45) is 23.2 Å². The summed E-state index contributed by atoms with van der Waals surface area (Å²) < 4.78 is 10.9. The number of likely N-dealkylation sites (tertiary alicyclic amines) is 1. The van der Waals surface area contributed by atoms with Crippen molar-refractivity contribution in [1.82, 2.24) is 20.9 Å². The van der Waals surface area contributed by atoms with Gasteiger partial charge in [0.2, 0.25) is 17.6 Å². The van der Waals surface area contributed by atoms with E-state index in [2.05, 4.69) is 36.4 Å². The molecule has 0 radical (unpaired) electrons.